The molecule has 0 amide bonds. The first-order chi connectivity index (χ1) is 19.1. The second-order valence-corrected chi connectivity index (χ2v) is 11.6. The SMILES string of the molecule is CCN1C(=CC2=C(SCc3ccccc3)/C(=C\c3sc4ccccc4[n+]3CC)C2=O)N(CC)c2ccccc21. The van der Waals surface area contributed by atoms with E-state index in [1.807, 2.05) is 6.07 Å². The Kier molecular flexibility index (Phi) is 7.15. The van der Waals surface area contributed by atoms with E-state index in [9.17, 15) is 4.79 Å². The second-order valence-electron chi connectivity index (χ2n) is 9.54. The molecule has 4 aromatic rings. The van der Waals surface area contributed by atoms with Crippen LogP contribution in [0.3, 0.4) is 0 Å². The zero-order chi connectivity index (χ0) is 26.9. The number of aryl methyl sites for hydroxylation is 1. The van der Waals surface area contributed by atoms with Gasteiger partial charge >= 0.3 is 0 Å². The number of benzene rings is 3. The Hall–Kier alpha value is -3.61. The zero-order valence-corrected chi connectivity index (χ0v) is 24.2. The first kappa shape index (κ1) is 25.7. The summed E-state index contributed by atoms with van der Waals surface area (Å²) in [5, 5.41) is 1.12. The molecule has 4 nitrogen and oxygen atoms in total. The van der Waals surface area contributed by atoms with E-state index in [1.165, 1.54) is 27.2 Å². The molecule has 196 valence electrons. The molecule has 0 radical (unpaired) electrons. The van der Waals surface area contributed by atoms with Gasteiger partial charge in [-0.2, -0.15) is 4.57 Å². The molecule has 0 saturated carbocycles. The quantitative estimate of drug-likeness (QED) is 0.167. The minimum absolute atomic E-state index is 0.126. The van der Waals surface area contributed by atoms with Gasteiger partial charge in [-0.3, -0.25) is 4.79 Å². The van der Waals surface area contributed by atoms with E-state index in [0.29, 0.717) is 0 Å². The summed E-state index contributed by atoms with van der Waals surface area (Å²) >= 11 is 3.51. The van der Waals surface area contributed by atoms with E-state index < -0.39 is 0 Å². The third-order valence-electron chi connectivity index (χ3n) is 7.35. The summed E-state index contributed by atoms with van der Waals surface area (Å²) in [4.78, 5) is 19.5. The molecule has 0 bridgehead atoms. The van der Waals surface area contributed by atoms with Crippen molar-refractivity contribution >= 4 is 56.5 Å². The van der Waals surface area contributed by atoms with E-state index in [-0.39, 0.29) is 5.78 Å². The second kappa shape index (κ2) is 10.9. The van der Waals surface area contributed by atoms with E-state index in [1.54, 1.807) is 23.1 Å². The van der Waals surface area contributed by atoms with Crippen LogP contribution in [0.25, 0.3) is 16.3 Å². The van der Waals surface area contributed by atoms with Crippen molar-refractivity contribution in [3.8, 4) is 0 Å². The normalized spacial score (nSPS) is 15.9. The molecule has 1 aromatic heterocycles. The number of ketones is 1. The van der Waals surface area contributed by atoms with Gasteiger partial charge in [0, 0.05) is 47.0 Å². The third-order valence-corrected chi connectivity index (χ3v) is 9.67. The summed E-state index contributed by atoms with van der Waals surface area (Å²) in [7, 11) is 0. The van der Waals surface area contributed by atoms with Gasteiger partial charge in [0.05, 0.1) is 11.4 Å². The minimum Gasteiger partial charge on any atom is -0.326 e. The van der Waals surface area contributed by atoms with Gasteiger partial charge in [0.2, 0.25) is 5.52 Å². The first-order valence-electron chi connectivity index (χ1n) is 13.6. The van der Waals surface area contributed by atoms with Crippen molar-refractivity contribution in [2.75, 3.05) is 22.9 Å². The number of aromatic nitrogens is 1. The van der Waals surface area contributed by atoms with Gasteiger partial charge in [-0.1, -0.05) is 65.9 Å². The number of para-hydroxylation sites is 3. The monoisotopic (exact) mass is 550 g/mol. The highest BCUT2D eigenvalue weighted by Crippen LogP contribution is 2.46. The van der Waals surface area contributed by atoms with Crippen LogP contribution < -0.4 is 14.4 Å². The van der Waals surface area contributed by atoms with Crippen LogP contribution in [0.1, 0.15) is 31.3 Å². The van der Waals surface area contributed by atoms with Crippen LogP contribution in [-0.4, -0.2) is 18.9 Å². The fraction of sp³-hybridized carbons (Fsp3) is 0.212. The fourth-order valence-electron chi connectivity index (χ4n) is 5.45. The number of carbonyl (C=O) groups is 1. The van der Waals surface area contributed by atoms with Crippen LogP contribution in [0, 0.1) is 0 Å². The molecule has 39 heavy (non-hydrogen) atoms. The molecule has 0 atom stereocenters. The van der Waals surface area contributed by atoms with Crippen molar-refractivity contribution in [3.63, 3.8) is 0 Å². The molecular weight excluding hydrogens is 519 g/mol. The number of allylic oxidation sites excluding steroid dienone is 3. The lowest BCUT2D eigenvalue weighted by atomic mass is 9.89. The maximum Gasteiger partial charge on any atom is 0.263 e. The van der Waals surface area contributed by atoms with Gasteiger partial charge in [-0.15, -0.1) is 11.8 Å². The van der Waals surface area contributed by atoms with Crippen molar-refractivity contribution in [1.29, 1.82) is 0 Å². The van der Waals surface area contributed by atoms with Gasteiger partial charge in [-0.25, -0.2) is 0 Å². The molecule has 0 spiro atoms. The summed E-state index contributed by atoms with van der Waals surface area (Å²) in [5.74, 6) is 2.02. The Balaban J connectivity index is 1.45. The molecule has 2 aliphatic rings. The van der Waals surface area contributed by atoms with E-state index >= 15 is 0 Å². The Morgan fingerprint density at radius 3 is 2.13 bits per heavy atom. The number of thioether (sulfide) groups is 1. The largest absolute Gasteiger partial charge is 0.326 e. The van der Waals surface area contributed by atoms with Crippen molar-refractivity contribution in [1.82, 2.24) is 0 Å². The topological polar surface area (TPSA) is 27.4 Å². The number of rotatable bonds is 8. The molecule has 0 unspecified atom stereocenters. The molecular formula is C33H32N3OS2+. The zero-order valence-electron chi connectivity index (χ0n) is 22.6. The molecule has 0 N–H and O–H groups in total. The number of nitrogens with zero attached hydrogens (tertiary/aromatic N) is 3. The van der Waals surface area contributed by atoms with Crippen molar-refractivity contribution in [3.05, 3.63) is 117 Å². The number of anilines is 2. The maximum absolute atomic E-state index is 13.8. The van der Waals surface area contributed by atoms with Crippen LogP contribution in [0.4, 0.5) is 11.4 Å². The number of fused-ring (bicyclic) bond motifs is 2. The molecule has 6 rings (SSSR count). The smallest absolute Gasteiger partial charge is 0.263 e. The minimum atomic E-state index is 0.126. The molecule has 1 aliphatic heterocycles. The van der Waals surface area contributed by atoms with Crippen LogP contribution in [0.5, 0.6) is 0 Å². The molecule has 1 aliphatic carbocycles. The van der Waals surface area contributed by atoms with Crippen molar-refractivity contribution < 1.29 is 9.36 Å². The van der Waals surface area contributed by atoms with E-state index in [4.69, 9.17) is 0 Å². The maximum atomic E-state index is 13.8. The van der Waals surface area contributed by atoms with Gasteiger partial charge in [0.1, 0.15) is 17.1 Å². The lowest BCUT2D eigenvalue weighted by Crippen LogP contribution is -2.34. The highest BCUT2D eigenvalue weighted by molar-refractivity contribution is 8.02. The summed E-state index contributed by atoms with van der Waals surface area (Å²) in [5.41, 5.74) is 6.50. The van der Waals surface area contributed by atoms with Crippen molar-refractivity contribution in [2.45, 2.75) is 33.1 Å². The highest BCUT2D eigenvalue weighted by Gasteiger charge is 2.37. The average Bonchev–Trinajstić information content (AvgIpc) is 3.50. The first-order valence-corrected chi connectivity index (χ1v) is 15.4. The van der Waals surface area contributed by atoms with Crippen molar-refractivity contribution in [2.24, 2.45) is 0 Å². The third kappa shape index (κ3) is 4.52. The van der Waals surface area contributed by atoms with Gasteiger partial charge < -0.3 is 9.80 Å². The molecule has 6 heteroatoms. The lowest BCUT2D eigenvalue weighted by Gasteiger charge is -2.28. The lowest BCUT2D eigenvalue weighted by molar-refractivity contribution is -0.665. The molecule has 0 saturated heterocycles. The Morgan fingerprint density at radius 1 is 0.821 bits per heavy atom. The van der Waals surface area contributed by atoms with E-state index in [0.717, 1.165) is 52.3 Å². The van der Waals surface area contributed by atoms with Crippen LogP contribution in [0.15, 0.2) is 107 Å². The number of thiazole rings is 1. The Bertz CT molecular complexity index is 1610. The summed E-state index contributed by atoms with van der Waals surface area (Å²) < 4.78 is 3.55. The summed E-state index contributed by atoms with van der Waals surface area (Å²) in [6.07, 6.45) is 4.24. The van der Waals surface area contributed by atoms with Crippen LogP contribution in [0.2, 0.25) is 0 Å². The summed E-state index contributed by atoms with van der Waals surface area (Å²) in [6, 6.07) is 27.5. The fourth-order valence-corrected chi connectivity index (χ4v) is 7.74. The summed E-state index contributed by atoms with van der Waals surface area (Å²) in [6.45, 7) is 9.04. The average molecular weight is 551 g/mol. The predicted octanol–water partition coefficient (Wildman–Crippen LogP) is 7.57. The standard InChI is InChI=1S/C33H32N3OS2/c1-4-34-26-16-10-11-17-27(26)35(5-2)30(34)20-24-32(37)25(33(24)38-22-23-14-8-7-9-15-23)21-31-36(6-3)28-18-12-13-19-29(28)39-31/h7-21H,4-6,22H2,1-3H3/q+1. The van der Waals surface area contributed by atoms with Gasteiger partial charge in [-0.05, 0) is 50.6 Å². The number of hydrogen-bond donors (Lipinski definition) is 0. The number of Topliss-reactive ketones (excluding diaryl/α,β-unsaturated/α-hetero) is 1. The Labute approximate surface area is 238 Å². The molecule has 0 fully saturated rings. The molecule has 2 heterocycles. The van der Waals surface area contributed by atoms with Gasteiger partial charge in [0.15, 0.2) is 5.78 Å². The van der Waals surface area contributed by atoms with Crippen LogP contribution in [-0.2, 0) is 17.1 Å². The predicted molar refractivity (Wildman–Crippen MR) is 166 cm³/mol. The number of carbonyl (C=O) groups excluding carboxylic acids is 1. The number of hydrogen-bond acceptors (Lipinski definition) is 5. The van der Waals surface area contributed by atoms with E-state index in [2.05, 4.69) is 120 Å². The highest BCUT2D eigenvalue weighted by atomic mass is 32.2. The molecule has 3 aromatic carbocycles. The van der Waals surface area contributed by atoms with Gasteiger partial charge in [0.25, 0.3) is 5.01 Å². The Morgan fingerprint density at radius 2 is 1.46 bits per heavy atom. The van der Waals surface area contributed by atoms with Crippen LogP contribution >= 0.6 is 23.1 Å².